The summed E-state index contributed by atoms with van der Waals surface area (Å²) in [5.41, 5.74) is 2.21. The van der Waals surface area contributed by atoms with E-state index in [0.717, 1.165) is 54.4 Å². The number of likely N-dealkylation sites (tertiary alicyclic amines) is 1. The van der Waals surface area contributed by atoms with E-state index in [0.29, 0.717) is 13.2 Å². The average molecular weight is 387 g/mol. The molecule has 3 rings (SSSR count). The third kappa shape index (κ3) is 5.72. The lowest BCUT2D eigenvalue weighted by molar-refractivity contribution is -0.126. The number of benzene rings is 2. The van der Waals surface area contributed by atoms with E-state index in [1.54, 1.807) is 0 Å². The van der Waals surface area contributed by atoms with Gasteiger partial charge in [0, 0.05) is 24.0 Å². The van der Waals surface area contributed by atoms with Crippen LogP contribution in [-0.4, -0.2) is 30.5 Å². The minimum Gasteiger partial charge on any atom is -0.494 e. The molecule has 1 N–H and O–H groups in total. The maximum absolute atomic E-state index is 12.5. The van der Waals surface area contributed by atoms with Gasteiger partial charge in [-0.3, -0.25) is 9.69 Å². The third-order valence-electron chi connectivity index (χ3n) is 4.99. The molecule has 144 valence electrons. The van der Waals surface area contributed by atoms with Crippen molar-refractivity contribution in [3.63, 3.8) is 0 Å². The highest BCUT2D eigenvalue weighted by atomic mass is 35.5. The van der Waals surface area contributed by atoms with Gasteiger partial charge < -0.3 is 10.1 Å². The van der Waals surface area contributed by atoms with Crippen molar-refractivity contribution in [2.24, 2.45) is 5.92 Å². The van der Waals surface area contributed by atoms with Gasteiger partial charge in [0.25, 0.3) is 0 Å². The number of amides is 1. The Hall–Kier alpha value is -2.04. The molecule has 0 aliphatic carbocycles. The summed E-state index contributed by atoms with van der Waals surface area (Å²) in [6.45, 7) is 5.83. The minimum absolute atomic E-state index is 0.0857. The van der Waals surface area contributed by atoms with Crippen LogP contribution in [0.4, 0.5) is 0 Å². The lowest BCUT2D eigenvalue weighted by atomic mass is 9.95. The Morgan fingerprint density at radius 1 is 1.19 bits per heavy atom. The van der Waals surface area contributed by atoms with Gasteiger partial charge in [-0.25, -0.2) is 0 Å². The summed E-state index contributed by atoms with van der Waals surface area (Å²) < 4.78 is 5.51. The number of rotatable bonds is 7. The largest absolute Gasteiger partial charge is 0.494 e. The Morgan fingerprint density at radius 3 is 2.70 bits per heavy atom. The summed E-state index contributed by atoms with van der Waals surface area (Å²) in [5, 5.41) is 3.89. The van der Waals surface area contributed by atoms with Crippen LogP contribution in [0.25, 0.3) is 0 Å². The first-order valence-corrected chi connectivity index (χ1v) is 9.98. The van der Waals surface area contributed by atoms with E-state index in [1.165, 1.54) is 0 Å². The van der Waals surface area contributed by atoms with Crippen LogP contribution < -0.4 is 10.1 Å². The third-order valence-corrected chi connectivity index (χ3v) is 5.36. The number of hydrogen-bond acceptors (Lipinski definition) is 3. The molecule has 0 atom stereocenters. The molecular weight excluding hydrogens is 360 g/mol. The van der Waals surface area contributed by atoms with Crippen LogP contribution >= 0.6 is 11.6 Å². The van der Waals surface area contributed by atoms with Crippen molar-refractivity contribution in [1.82, 2.24) is 10.2 Å². The Balaban J connectivity index is 1.44. The number of nitrogens with one attached hydrogen (secondary N) is 1. The minimum atomic E-state index is 0.0857. The maximum atomic E-state index is 12.5. The zero-order valence-corrected chi connectivity index (χ0v) is 16.5. The Bertz CT molecular complexity index is 757. The number of nitrogens with zero attached hydrogens (tertiary/aromatic N) is 1. The highest BCUT2D eigenvalue weighted by Gasteiger charge is 2.25. The molecule has 0 aromatic heterocycles. The van der Waals surface area contributed by atoms with Gasteiger partial charge in [-0.1, -0.05) is 41.9 Å². The molecule has 1 heterocycles. The van der Waals surface area contributed by atoms with E-state index in [4.69, 9.17) is 16.3 Å². The van der Waals surface area contributed by atoms with Crippen LogP contribution in [0, 0.1) is 5.92 Å². The number of carbonyl (C=O) groups excluding carboxylic acids is 1. The van der Waals surface area contributed by atoms with E-state index < -0.39 is 0 Å². The van der Waals surface area contributed by atoms with Gasteiger partial charge in [0.1, 0.15) is 5.75 Å². The van der Waals surface area contributed by atoms with E-state index >= 15 is 0 Å². The van der Waals surface area contributed by atoms with Crippen LogP contribution in [0.1, 0.15) is 30.9 Å². The molecule has 2 aromatic carbocycles. The quantitative estimate of drug-likeness (QED) is 0.772. The smallest absolute Gasteiger partial charge is 0.223 e. The summed E-state index contributed by atoms with van der Waals surface area (Å²) in [4.78, 5) is 14.9. The first-order chi connectivity index (χ1) is 13.2. The Kier molecular flexibility index (Phi) is 7.13. The van der Waals surface area contributed by atoms with Crippen molar-refractivity contribution >= 4 is 17.5 Å². The van der Waals surface area contributed by atoms with Gasteiger partial charge >= 0.3 is 0 Å². The average Bonchev–Trinajstić information content (AvgIpc) is 2.69. The fourth-order valence-corrected chi connectivity index (χ4v) is 3.66. The molecule has 0 radical (unpaired) electrons. The molecule has 1 aliphatic rings. The summed E-state index contributed by atoms with van der Waals surface area (Å²) in [7, 11) is 0. The van der Waals surface area contributed by atoms with Crippen LogP contribution in [0.2, 0.25) is 5.02 Å². The van der Waals surface area contributed by atoms with Crippen molar-refractivity contribution in [2.45, 2.75) is 32.9 Å². The molecule has 2 aromatic rings. The monoisotopic (exact) mass is 386 g/mol. The second-order valence-electron chi connectivity index (χ2n) is 6.94. The number of carbonyl (C=O) groups is 1. The second kappa shape index (κ2) is 9.77. The molecule has 0 bridgehead atoms. The molecule has 4 nitrogen and oxygen atoms in total. The predicted molar refractivity (Wildman–Crippen MR) is 109 cm³/mol. The summed E-state index contributed by atoms with van der Waals surface area (Å²) in [6, 6.07) is 15.8. The van der Waals surface area contributed by atoms with Gasteiger partial charge in [-0.15, -0.1) is 0 Å². The zero-order chi connectivity index (χ0) is 19.1. The molecule has 1 amide bonds. The molecule has 27 heavy (non-hydrogen) atoms. The maximum Gasteiger partial charge on any atom is 0.223 e. The normalized spacial score (nSPS) is 15.5. The lowest BCUT2D eigenvalue weighted by Gasteiger charge is -2.31. The number of halogens is 1. The van der Waals surface area contributed by atoms with Crippen molar-refractivity contribution in [3.8, 4) is 5.75 Å². The summed E-state index contributed by atoms with van der Waals surface area (Å²) in [6.07, 6.45) is 1.77. The van der Waals surface area contributed by atoms with E-state index in [2.05, 4.69) is 16.3 Å². The Morgan fingerprint density at radius 2 is 1.96 bits per heavy atom. The molecule has 5 heteroatoms. The van der Waals surface area contributed by atoms with Gasteiger partial charge in [-0.2, -0.15) is 0 Å². The first kappa shape index (κ1) is 19.7. The summed E-state index contributed by atoms with van der Waals surface area (Å²) >= 11 is 6.25. The van der Waals surface area contributed by atoms with Gasteiger partial charge in [-0.05, 0) is 62.2 Å². The summed E-state index contributed by atoms with van der Waals surface area (Å²) in [5.74, 6) is 1.08. The van der Waals surface area contributed by atoms with E-state index in [1.807, 2.05) is 49.4 Å². The SMILES string of the molecule is CCOc1cccc(CNC(=O)C2CCN(Cc3ccccc3Cl)CC2)c1. The van der Waals surface area contributed by atoms with Gasteiger partial charge in [0.05, 0.1) is 6.61 Å². The van der Waals surface area contributed by atoms with E-state index in [9.17, 15) is 4.79 Å². The molecule has 0 unspecified atom stereocenters. The first-order valence-electron chi connectivity index (χ1n) is 9.61. The lowest BCUT2D eigenvalue weighted by Crippen LogP contribution is -2.40. The number of hydrogen-bond donors (Lipinski definition) is 1. The topological polar surface area (TPSA) is 41.6 Å². The fourth-order valence-electron chi connectivity index (χ4n) is 3.47. The highest BCUT2D eigenvalue weighted by molar-refractivity contribution is 6.31. The van der Waals surface area contributed by atoms with Crippen LogP contribution in [0.3, 0.4) is 0 Å². The molecule has 1 saturated heterocycles. The fraction of sp³-hybridized carbons (Fsp3) is 0.409. The van der Waals surface area contributed by atoms with Gasteiger partial charge in [0.2, 0.25) is 5.91 Å². The molecule has 1 aliphatic heterocycles. The van der Waals surface area contributed by atoms with Crippen LogP contribution in [0.15, 0.2) is 48.5 Å². The Labute approximate surface area is 166 Å². The van der Waals surface area contributed by atoms with Crippen LogP contribution in [0.5, 0.6) is 5.75 Å². The molecular formula is C22H27ClN2O2. The van der Waals surface area contributed by atoms with Crippen molar-refractivity contribution in [1.29, 1.82) is 0 Å². The number of ether oxygens (including phenoxy) is 1. The molecule has 0 saturated carbocycles. The second-order valence-corrected chi connectivity index (χ2v) is 7.35. The predicted octanol–water partition coefficient (Wildman–Crippen LogP) is 4.27. The van der Waals surface area contributed by atoms with Gasteiger partial charge in [0.15, 0.2) is 0 Å². The van der Waals surface area contributed by atoms with Crippen LogP contribution in [-0.2, 0) is 17.9 Å². The van der Waals surface area contributed by atoms with E-state index in [-0.39, 0.29) is 11.8 Å². The number of piperidine rings is 1. The van der Waals surface area contributed by atoms with Crippen molar-refractivity contribution in [3.05, 3.63) is 64.7 Å². The molecule has 1 fully saturated rings. The zero-order valence-electron chi connectivity index (χ0n) is 15.8. The highest BCUT2D eigenvalue weighted by Crippen LogP contribution is 2.22. The standard InChI is InChI=1S/C22H27ClN2O2/c1-2-27-20-8-5-6-17(14-20)15-24-22(26)18-10-12-25(13-11-18)16-19-7-3-4-9-21(19)23/h3-9,14,18H,2,10-13,15-16H2,1H3,(H,24,26). The molecule has 0 spiro atoms. The van der Waals surface area contributed by atoms with Crippen molar-refractivity contribution < 1.29 is 9.53 Å². The van der Waals surface area contributed by atoms with Crippen molar-refractivity contribution in [2.75, 3.05) is 19.7 Å².